The molecule has 0 radical (unpaired) electrons. The molecule has 2 atom stereocenters. The van der Waals surface area contributed by atoms with Gasteiger partial charge in [0.05, 0.1) is 6.26 Å². The molecule has 0 fully saturated rings. The maximum absolute atomic E-state index is 9.41. The molecule has 0 spiro atoms. The fraction of sp³-hybridized carbons (Fsp3) is 0.500. The molecular formula is C8H13NO2. The van der Waals surface area contributed by atoms with Crippen LogP contribution in [0.1, 0.15) is 25.2 Å². The molecule has 1 aromatic rings. The molecule has 0 aliphatic rings. The summed E-state index contributed by atoms with van der Waals surface area (Å²) in [6, 6.07) is 3.49. The molecule has 1 heterocycles. The maximum atomic E-state index is 9.41. The third kappa shape index (κ3) is 2.37. The molecule has 0 saturated heterocycles. The molecule has 0 amide bonds. The lowest BCUT2D eigenvalue weighted by Gasteiger charge is -2.09. The van der Waals surface area contributed by atoms with Gasteiger partial charge in [0.1, 0.15) is 11.9 Å². The van der Waals surface area contributed by atoms with Crippen molar-refractivity contribution in [3.05, 3.63) is 24.2 Å². The van der Waals surface area contributed by atoms with Crippen LogP contribution < -0.4 is 5.73 Å². The van der Waals surface area contributed by atoms with Crippen molar-refractivity contribution in [3.63, 3.8) is 0 Å². The fourth-order valence-corrected chi connectivity index (χ4v) is 0.949. The monoisotopic (exact) mass is 155 g/mol. The second kappa shape index (κ2) is 3.55. The zero-order valence-corrected chi connectivity index (χ0v) is 6.53. The normalized spacial score (nSPS) is 16.3. The van der Waals surface area contributed by atoms with E-state index >= 15 is 0 Å². The van der Waals surface area contributed by atoms with Crippen molar-refractivity contribution in [3.8, 4) is 0 Å². The lowest BCUT2D eigenvalue weighted by atomic mass is 10.1. The molecule has 3 N–H and O–H groups in total. The Kier molecular flexibility index (Phi) is 2.68. The molecule has 3 heteroatoms. The van der Waals surface area contributed by atoms with E-state index in [0.717, 1.165) is 0 Å². The van der Waals surface area contributed by atoms with Crippen LogP contribution in [0.5, 0.6) is 0 Å². The van der Waals surface area contributed by atoms with Crippen LogP contribution in [-0.2, 0) is 0 Å². The van der Waals surface area contributed by atoms with Gasteiger partial charge < -0.3 is 15.3 Å². The van der Waals surface area contributed by atoms with Crippen LogP contribution in [0, 0.1) is 0 Å². The van der Waals surface area contributed by atoms with E-state index in [9.17, 15) is 5.11 Å². The summed E-state index contributed by atoms with van der Waals surface area (Å²) in [5.74, 6) is 0.585. The number of rotatable bonds is 3. The summed E-state index contributed by atoms with van der Waals surface area (Å²) in [6.45, 7) is 1.85. The minimum absolute atomic E-state index is 0.00454. The summed E-state index contributed by atoms with van der Waals surface area (Å²) in [5, 5.41) is 9.41. The highest BCUT2D eigenvalue weighted by Crippen LogP contribution is 2.17. The highest BCUT2D eigenvalue weighted by Gasteiger charge is 2.11. The van der Waals surface area contributed by atoms with E-state index in [1.54, 1.807) is 18.4 Å². The van der Waals surface area contributed by atoms with E-state index in [4.69, 9.17) is 10.2 Å². The van der Waals surface area contributed by atoms with Crippen molar-refractivity contribution in [2.45, 2.75) is 25.5 Å². The van der Waals surface area contributed by atoms with Crippen molar-refractivity contribution in [1.82, 2.24) is 0 Å². The van der Waals surface area contributed by atoms with Gasteiger partial charge in [-0.25, -0.2) is 0 Å². The van der Waals surface area contributed by atoms with Gasteiger partial charge in [0.15, 0.2) is 0 Å². The number of hydrogen-bond donors (Lipinski definition) is 2. The number of nitrogens with two attached hydrogens (primary N) is 1. The highest BCUT2D eigenvalue weighted by atomic mass is 16.4. The second-order valence-corrected chi connectivity index (χ2v) is 2.74. The summed E-state index contributed by atoms with van der Waals surface area (Å²) in [4.78, 5) is 0. The minimum atomic E-state index is -0.565. The molecule has 62 valence electrons. The summed E-state index contributed by atoms with van der Waals surface area (Å²) in [7, 11) is 0. The molecule has 0 saturated carbocycles. The topological polar surface area (TPSA) is 59.4 Å². The highest BCUT2D eigenvalue weighted by molar-refractivity contribution is 5.01. The van der Waals surface area contributed by atoms with E-state index < -0.39 is 6.10 Å². The van der Waals surface area contributed by atoms with Gasteiger partial charge in [-0.05, 0) is 25.5 Å². The van der Waals surface area contributed by atoms with E-state index in [0.29, 0.717) is 12.2 Å². The number of hydrogen-bond acceptors (Lipinski definition) is 3. The third-order valence-electron chi connectivity index (χ3n) is 1.47. The van der Waals surface area contributed by atoms with Gasteiger partial charge in [0.25, 0.3) is 0 Å². The molecule has 0 bridgehead atoms. The second-order valence-electron chi connectivity index (χ2n) is 2.74. The van der Waals surface area contributed by atoms with Crippen LogP contribution in [0.3, 0.4) is 0 Å². The predicted octanol–water partition coefficient (Wildman–Crippen LogP) is 1.05. The average molecular weight is 155 g/mol. The van der Waals surface area contributed by atoms with Gasteiger partial charge in [-0.1, -0.05) is 0 Å². The van der Waals surface area contributed by atoms with Gasteiger partial charge in [-0.3, -0.25) is 0 Å². The van der Waals surface area contributed by atoms with Gasteiger partial charge >= 0.3 is 0 Å². The Bertz CT molecular complexity index is 194. The Hall–Kier alpha value is -0.800. The van der Waals surface area contributed by atoms with Crippen molar-refractivity contribution >= 4 is 0 Å². The van der Waals surface area contributed by atoms with Gasteiger partial charge in [0.2, 0.25) is 0 Å². The Morgan fingerprint density at radius 2 is 2.45 bits per heavy atom. The predicted molar refractivity (Wildman–Crippen MR) is 41.9 cm³/mol. The third-order valence-corrected chi connectivity index (χ3v) is 1.47. The largest absolute Gasteiger partial charge is 0.467 e. The van der Waals surface area contributed by atoms with Crippen LogP contribution in [0.2, 0.25) is 0 Å². The van der Waals surface area contributed by atoms with Crippen molar-refractivity contribution in [2.24, 2.45) is 5.73 Å². The van der Waals surface area contributed by atoms with E-state index in [-0.39, 0.29) is 6.04 Å². The van der Waals surface area contributed by atoms with E-state index in [1.165, 1.54) is 0 Å². The minimum Gasteiger partial charge on any atom is -0.467 e. The maximum Gasteiger partial charge on any atom is 0.132 e. The van der Waals surface area contributed by atoms with Crippen LogP contribution in [0.15, 0.2) is 22.8 Å². The van der Waals surface area contributed by atoms with Crippen molar-refractivity contribution in [1.29, 1.82) is 0 Å². The Balaban J connectivity index is 2.49. The smallest absolute Gasteiger partial charge is 0.132 e. The summed E-state index contributed by atoms with van der Waals surface area (Å²) < 4.78 is 4.99. The SMILES string of the molecule is C[C@H](N)C[C@@H](O)c1ccco1. The number of aliphatic hydroxyl groups excluding tert-OH is 1. The van der Waals surface area contributed by atoms with Gasteiger partial charge in [-0.2, -0.15) is 0 Å². The molecule has 11 heavy (non-hydrogen) atoms. The quantitative estimate of drug-likeness (QED) is 0.685. The van der Waals surface area contributed by atoms with E-state index in [2.05, 4.69) is 0 Å². The fourth-order valence-electron chi connectivity index (χ4n) is 0.949. The standard InChI is InChI=1S/C8H13NO2/c1-6(9)5-7(10)8-3-2-4-11-8/h2-4,6-7,10H,5,9H2,1H3/t6-,7+/m0/s1. The zero-order chi connectivity index (χ0) is 8.27. The first-order valence-electron chi connectivity index (χ1n) is 3.67. The lowest BCUT2D eigenvalue weighted by molar-refractivity contribution is 0.134. The molecule has 1 aromatic heterocycles. The molecule has 1 rings (SSSR count). The zero-order valence-electron chi connectivity index (χ0n) is 6.53. The van der Waals surface area contributed by atoms with Crippen molar-refractivity contribution < 1.29 is 9.52 Å². The molecule has 0 unspecified atom stereocenters. The number of aliphatic hydroxyl groups is 1. The Morgan fingerprint density at radius 3 is 2.91 bits per heavy atom. The molecule has 0 aliphatic carbocycles. The molecular weight excluding hydrogens is 142 g/mol. The Morgan fingerprint density at radius 1 is 1.73 bits per heavy atom. The lowest BCUT2D eigenvalue weighted by Crippen LogP contribution is -2.18. The first-order chi connectivity index (χ1) is 5.20. The first kappa shape index (κ1) is 8.30. The molecule has 0 aliphatic heterocycles. The van der Waals surface area contributed by atoms with Crippen molar-refractivity contribution in [2.75, 3.05) is 0 Å². The van der Waals surface area contributed by atoms with Crippen LogP contribution in [0.25, 0.3) is 0 Å². The summed E-state index contributed by atoms with van der Waals surface area (Å²) in [6.07, 6.45) is 1.51. The van der Waals surface area contributed by atoms with Crippen LogP contribution in [-0.4, -0.2) is 11.1 Å². The summed E-state index contributed by atoms with van der Waals surface area (Å²) in [5.41, 5.74) is 5.50. The molecule has 3 nitrogen and oxygen atoms in total. The first-order valence-corrected chi connectivity index (χ1v) is 3.67. The van der Waals surface area contributed by atoms with Gasteiger partial charge in [0, 0.05) is 6.04 Å². The van der Waals surface area contributed by atoms with Crippen LogP contribution >= 0.6 is 0 Å². The summed E-state index contributed by atoms with van der Waals surface area (Å²) >= 11 is 0. The number of furan rings is 1. The van der Waals surface area contributed by atoms with Crippen LogP contribution in [0.4, 0.5) is 0 Å². The Labute approximate surface area is 65.8 Å². The van der Waals surface area contributed by atoms with Gasteiger partial charge in [-0.15, -0.1) is 0 Å². The average Bonchev–Trinajstić information content (AvgIpc) is 2.35. The van der Waals surface area contributed by atoms with E-state index in [1.807, 2.05) is 6.92 Å². The molecule has 0 aromatic carbocycles.